The molecule has 1 N–H and O–H groups in total. The summed E-state index contributed by atoms with van der Waals surface area (Å²) in [5.41, 5.74) is 0.453. The second-order valence-electron chi connectivity index (χ2n) is 4.36. The highest BCUT2D eigenvalue weighted by atomic mass is 16.5. The van der Waals surface area contributed by atoms with Crippen LogP contribution < -0.4 is 5.32 Å². The molecule has 1 amide bonds. The predicted octanol–water partition coefficient (Wildman–Crippen LogP) is 0.435. The number of carbonyl (C=O) groups excluding carboxylic acids is 1. The molecular formula is C12H13N5O3. The summed E-state index contributed by atoms with van der Waals surface area (Å²) < 4.78 is 10.3. The first kappa shape index (κ1) is 12.7. The zero-order valence-corrected chi connectivity index (χ0v) is 10.7. The van der Waals surface area contributed by atoms with Crippen molar-refractivity contribution in [3.8, 4) is 11.5 Å². The second-order valence-corrected chi connectivity index (χ2v) is 4.36. The molecule has 1 aliphatic rings. The lowest BCUT2D eigenvalue weighted by Crippen LogP contribution is -2.31. The van der Waals surface area contributed by atoms with Crippen LogP contribution in [0.2, 0.25) is 0 Å². The van der Waals surface area contributed by atoms with Crippen molar-refractivity contribution in [2.75, 3.05) is 13.2 Å². The number of aromatic nitrogens is 4. The summed E-state index contributed by atoms with van der Waals surface area (Å²) in [7, 11) is 0. The zero-order valence-electron chi connectivity index (χ0n) is 10.7. The van der Waals surface area contributed by atoms with Gasteiger partial charge < -0.3 is 14.6 Å². The standard InChI is InChI=1S/C12H13N5O3/c18-11(15-6-8-2-1-5-19-8)12-16-10(17-20-12)9-7-13-3-4-14-9/h3-4,7-8H,1-2,5-6H2,(H,15,18)/t8-/m0/s1. The zero-order chi connectivity index (χ0) is 13.8. The van der Waals surface area contributed by atoms with E-state index < -0.39 is 5.91 Å². The van der Waals surface area contributed by atoms with E-state index in [4.69, 9.17) is 9.26 Å². The Balaban J connectivity index is 1.62. The highest BCUT2D eigenvalue weighted by Crippen LogP contribution is 2.12. The van der Waals surface area contributed by atoms with Crippen LogP contribution in [0.5, 0.6) is 0 Å². The Morgan fingerprint density at radius 2 is 2.40 bits per heavy atom. The predicted molar refractivity (Wildman–Crippen MR) is 66.6 cm³/mol. The average molecular weight is 275 g/mol. The van der Waals surface area contributed by atoms with Crippen LogP contribution in [0.1, 0.15) is 23.5 Å². The van der Waals surface area contributed by atoms with Crippen molar-refractivity contribution in [2.45, 2.75) is 18.9 Å². The smallest absolute Gasteiger partial charge is 0.316 e. The Bertz CT molecular complexity index is 580. The van der Waals surface area contributed by atoms with Crippen LogP contribution in [0, 0.1) is 0 Å². The minimum absolute atomic E-state index is 0.0707. The van der Waals surface area contributed by atoms with Gasteiger partial charge in [-0.3, -0.25) is 9.78 Å². The molecule has 8 nitrogen and oxygen atoms in total. The third-order valence-electron chi connectivity index (χ3n) is 2.93. The Labute approximate surface area is 114 Å². The molecule has 1 atom stereocenters. The van der Waals surface area contributed by atoms with E-state index in [1.807, 2.05) is 0 Å². The SMILES string of the molecule is O=C(NC[C@@H]1CCCO1)c1nc(-c2cnccn2)no1. The molecule has 2 aromatic heterocycles. The van der Waals surface area contributed by atoms with Gasteiger partial charge in [0.15, 0.2) is 0 Å². The lowest BCUT2D eigenvalue weighted by molar-refractivity contribution is 0.0822. The quantitative estimate of drug-likeness (QED) is 0.863. The summed E-state index contributed by atoms with van der Waals surface area (Å²) in [6.45, 7) is 1.19. The molecule has 1 aliphatic heterocycles. The Morgan fingerprint density at radius 1 is 1.45 bits per heavy atom. The van der Waals surface area contributed by atoms with Crippen molar-refractivity contribution >= 4 is 5.91 Å². The van der Waals surface area contributed by atoms with E-state index in [9.17, 15) is 4.79 Å². The fourth-order valence-electron chi connectivity index (χ4n) is 1.92. The molecule has 0 spiro atoms. The van der Waals surface area contributed by atoms with Crippen molar-refractivity contribution in [1.29, 1.82) is 0 Å². The summed E-state index contributed by atoms with van der Waals surface area (Å²) in [6, 6.07) is 0. The first-order chi connectivity index (χ1) is 9.83. The van der Waals surface area contributed by atoms with Crippen molar-refractivity contribution in [3.63, 3.8) is 0 Å². The van der Waals surface area contributed by atoms with Gasteiger partial charge in [-0.15, -0.1) is 0 Å². The maximum absolute atomic E-state index is 11.8. The third-order valence-corrected chi connectivity index (χ3v) is 2.93. The van der Waals surface area contributed by atoms with E-state index in [1.54, 1.807) is 6.20 Å². The van der Waals surface area contributed by atoms with E-state index in [0.717, 1.165) is 19.4 Å². The summed E-state index contributed by atoms with van der Waals surface area (Å²) in [5.74, 6) is -0.271. The Hall–Kier alpha value is -2.35. The van der Waals surface area contributed by atoms with E-state index in [-0.39, 0.29) is 17.8 Å². The second kappa shape index (κ2) is 5.74. The van der Waals surface area contributed by atoms with E-state index in [1.165, 1.54) is 12.4 Å². The third kappa shape index (κ3) is 2.80. The fourth-order valence-corrected chi connectivity index (χ4v) is 1.92. The van der Waals surface area contributed by atoms with E-state index in [0.29, 0.717) is 12.2 Å². The summed E-state index contributed by atoms with van der Waals surface area (Å²) in [4.78, 5) is 23.8. The van der Waals surface area contributed by atoms with Crippen molar-refractivity contribution in [1.82, 2.24) is 25.4 Å². The number of hydrogen-bond acceptors (Lipinski definition) is 7. The van der Waals surface area contributed by atoms with Crippen molar-refractivity contribution < 1.29 is 14.1 Å². The Kier molecular flexibility index (Phi) is 3.64. The van der Waals surface area contributed by atoms with Crippen molar-refractivity contribution in [3.05, 3.63) is 24.5 Å². The largest absolute Gasteiger partial charge is 0.376 e. The molecule has 3 heterocycles. The number of amides is 1. The molecule has 0 aliphatic carbocycles. The number of ether oxygens (including phenoxy) is 1. The first-order valence-corrected chi connectivity index (χ1v) is 6.33. The lowest BCUT2D eigenvalue weighted by atomic mass is 10.2. The molecule has 0 aromatic carbocycles. The maximum Gasteiger partial charge on any atom is 0.316 e. The van der Waals surface area contributed by atoms with Gasteiger partial charge in [0.05, 0.1) is 12.3 Å². The number of rotatable bonds is 4. The maximum atomic E-state index is 11.8. The van der Waals surface area contributed by atoms with Crippen LogP contribution in [-0.2, 0) is 4.74 Å². The Morgan fingerprint density at radius 3 is 3.15 bits per heavy atom. The highest BCUT2D eigenvalue weighted by Gasteiger charge is 2.20. The van der Waals surface area contributed by atoms with Gasteiger partial charge in [0.25, 0.3) is 0 Å². The minimum Gasteiger partial charge on any atom is -0.376 e. The van der Waals surface area contributed by atoms with Crippen LogP contribution >= 0.6 is 0 Å². The lowest BCUT2D eigenvalue weighted by Gasteiger charge is -2.08. The molecule has 8 heteroatoms. The molecule has 104 valence electrons. The minimum atomic E-state index is -0.414. The average Bonchev–Trinajstić information content (AvgIpc) is 3.17. The van der Waals surface area contributed by atoms with Gasteiger partial charge in [-0.2, -0.15) is 4.98 Å². The molecule has 1 saturated heterocycles. The topological polar surface area (TPSA) is 103 Å². The molecule has 20 heavy (non-hydrogen) atoms. The molecular weight excluding hydrogens is 262 g/mol. The van der Waals surface area contributed by atoms with Gasteiger partial charge >= 0.3 is 11.8 Å². The first-order valence-electron chi connectivity index (χ1n) is 6.33. The molecule has 3 rings (SSSR count). The van der Waals surface area contributed by atoms with Gasteiger partial charge in [0.2, 0.25) is 5.82 Å². The van der Waals surface area contributed by atoms with Gasteiger partial charge in [-0.25, -0.2) is 4.98 Å². The van der Waals surface area contributed by atoms with Crippen LogP contribution in [0.25, 0.3) is 11.5 Å². The normalized spacial score (nSPS) is 18.1. The van der Waals surface area contributed by atoms with Crippen LogP contribution in [0.3, 0.4) is 0 Å². The van der Waals surface area contributed by atoms with E-state index in [2.05, 4.69) is 25.4 Å². The van der Waals surface area contributed by atoms with Crippen molar-refractivity contribution in [2.24, 2.45) is 0 Å². The van der Waals surface area contributed by atoms with Crippen LogP contribution in [0.15, 0.2) is 23.1 Å². The highest BCUT2D eigenvalue weighted by molar-refractivity contribution is 5.89. The molecule has 0 radical (unpaired) electrons. The molecule has 0 bridgehead atoms. The van der Waals surface area contributed by atoms with Gasteiger partial charge in [-0.05, 0) is 12.8 Å². The number of nitrogens with zero attached hydrogens (tertiary/aromatic N) is 4. The molecule has 1 fully saturated rings. The van der Waals surface area contributed by atoms with Gasteiger partial charge in [0.1, 0.15) is 5.69 Å². The number of hydrogen-bond donors (Lipinski definition) is 1. The number of nitrogens with one attached hydrogen (secondary N) is 1. The van der Waals surface area contributed by atoms with Gasteiger partial charge in [-0.1, -0.05) is 5.16 Å². The fraction of sp³-hybridized carbons (Fsp3) is 0.417. The molecule has 0 unspecified atom stereocenters. The molecule has 0 saturated carbocycles. The summed E-state index contributed by atoms with van der Waals surface area (Å²) in [6.07, 6.45) is 6.61. The summed E-state index contributed by atoms with van der Waals surface area (Å²) >= 11 is 0. The van der Waals surface area contributed by atoms with Crippen LogP contribution in [0.4, 0.5) is 0 Å². The van der Waals surface area contributed by atoms with E-state index >= 15 is 0 Å². The van der Waals surface area contributed by atoms with Crippen LogP contribution in [-0.4, -0.2) is 45.3 Å². The number of carbonyl (C=O) groups is 1. The summed E-state index contributed by atoms with van der Waals surface area (Å²) in [5, 5.41) is 6.42. The monoisotopic (exact) mass is 275 g/mol. The molecule has 2 aromatic rings. The van der Waals surface area contributed by atoms with Gasteiger partial charge in [0, 0.05) is 25.5 Å².